The zero-order chi connectivity index (χ0) is 17.9. The summed E-state index contributed by atoms with van der Waals surface area (Å²) < 4.78 is 16.4. The molecule has 1 aliphatic heterocycles. The van der Waals surface area contributed by atoms with Crippen molar-refractivity contribution in [3.63, 3.8) is 0 Å². The molecule has 0 amide bonds. The summed E-state index contributed by atoms with van der Waals surface area (Å²) in [6.45, 7) is 5.39. The maximum Gasteiger partial charge on any atom is 0.336 e. The molecular weight excluding hydrogens is 310 g/mol. The molecule has 0 saturated carbocycles. The van der Waals surface area contributed by atoms with Crippen LogP contribution in [0.25, 0.3) is 0 Å². The van der Waals surface area contributed by atoms with Crippen LogP contribution in [-0.2, 0) is 11.3 Å². The molecule has 1 aromatic carbocycles. The number of aromatic carboxylic acids is 1. The molecule has 1 saturated heterocycles. The SMILES string of the molecule is COc1cc(OC)c(CN(C)[C@H]2CCOC(C)(C)C2)c(C(=O)O)c1. The van der Waals surface area contributed by atoms with Gasteiger partial charge in [0, 0.05) is 30.8 Å². The molecule has 0 aromatic heterocycles. The van der Waals surface area contributed by atoms with Crippen molar-refractivity contribution in [1.82, 2.24) is 4.90 Å². The summed E-state index contributed by atoms with van der Waals surface area (Å²) in [5.74, 6) is 0.0238. The van der Waals surface area contributed by atoms with Crippen LogP contribution in [0.4, 0.5) is 0 Å². The van der Waals surface area contributed by atoms with Gasteiger partial charge in [-0.15, -0.1) is 0 Å². The summed E-state index contributed by atoms with van der Waals surface area (Å²) in [4.78, 5) is 13.9. The molecule has 0 spiro atoms. The standard InChI is InChI=1S/C18H27NO5/c1-18(2)10-12(6-7-24-18)19(3)11-15-14(17(20)21)8-13(22-4)9-16(15)23-5/h8-9,12H,6-7,10-11H2,1-5H3,(H,20,21)/t12-/m0/s1. The van der Waals surface area contributed by atoms with Gasteiger partial charge in [0.15, 0.2) is 0 Å². The van der Waals surface area contributed by atoms with Crippen LogP contribution >= 0.6 is 0 Å². The van der Waals surface area contributed by atoms with Crippen LogP contribution in [0.3, 0.4) is 0 Å². The number of rotatable bonds is 6. The van der Waals surface area contributed by atoms with Crippen LogP contribution in [0.2, 0.25) is 0 Å². The van der Waals surface area contributed by atoms with E-state index in [4.69, 9.17) is 14.2 Å². The zero-order valence-electron chi connectivity index (χ0n) is 15.1. The van der Waals surface area contributed by atoms with E-state index in [1.165, 1.54) is 7.11 Å². The fourth-order valence-electron chi connectivity index (χ4n) is 3.23. The average Bonchev–Trinajstić information content (AvgIpc) is 2.53. The van der Waals surface area contributed by atoms with E-state index in [2.05, 4.69) is 18.7 Å². The lowest BCUT2D eigenvalue weighted by Gasteiger charge is -2.40. The lowest BCUT2D eigenvalue weighted by Crippen LogP contribution is -2.44. The van der Waals surface area contributed by atoms with E-state index < -0.39 is 5.97 Å². The third-order valence-corrected chi connectivity index (χ3v) is 4.57. The lowest BCUT2D eigenvalue weighted by molar-refractivity contribution is -0.0810. The van der Waals surface area contributed by atoms with Crippen molar-refractivity contribution in [2.45, 2.75) is 44.9 Å². The highest BCUT2D eigenvalue weighted by molar-refractivity contribution is 5.91. The number of carboxylic acids is 1. The largest absolute Gasteiger partial charge is 0.497 e. The molecule has 6 heteroatoms. The van der Waals surface area contributed by atoms with Gasteiger partial charge in [-0.3, -0.25) is 4.90 Å². The van der Waals surface area contributed by atoms with Crippen LogP contribution in [0, 0.1) is 0 Å². The second-order valence-corrected chi connectivity index (χ2v) is 6.83. The molecule has 1 aliphatic rings. The van der Waals surface area contributed by atoms with Gasteiger partial charge in [0.2, 0.25) is 0 Å². The van der Waals surface area contributed by atoms with Gasteiger partial charge < -0.3 is 19.3 Å². The summed E-state index contributed by atoms with van der Waals surface area (Å²) in [7, 11) is 5.07. The van der Waals surface area contributed by atoms with E-state index in [1.807, 2.05) is 7.05 Å². The van der Waals surface area contributed by atoms with Gasteiger partial charge in [-0.2, -0.15) is 0 Å². The third-order valence-electron chi connectivity index (χ3n) is 4.57. The fraction of sp³-hybridized carbons (Fsp3) is 0.611. The number of hydrogen-bond acceptors (Lipinski definition) is 5. The maximum absolute atomic E-state index is 11.7. The maximum atomic E-state index is 11.7. The molecule has 1 aromatic rings. The van der Waals surface area contributed by atoms with Crippen molar-refractivity contribution in [2.75, 3.05) is 27.9 Å². The summed E-state index contributed by atoms with van der Waals surface area (Å²) in [6, 6.07) is 3.60. The number of nitrogens with zero attached hydrogens (tertiary/aromatic N) is 1. The first-order valence-corrected chi connectivity index (χ1v) is 8.10. The van der Waals surface area contributed by atoms with Gasteiger partial charge in [0.05, 0.1) is 25.4 Å². The van der Waals surface area contributed by atoms with E-state index in [0.29, 0.717) is 36.3 Å². The minimum Gasteiger partial charge on any atom is -0.497 e. The van der Waals surface area contributed by atoms with Crippen LogP contribution in [0.5, 0.6) is 11.5 Å². The Morgan fingerprint density at radius 3 is 2.62 bits per heavy atom. The normalized spacial score (nSPS) is 20.0. The minimum atomic E-state index is -0.983. The van der Waals surface area contributed by atoms with Gasteiger partial charge in [-0.05, 0) is 39.8 Å². The summed E-state index contributed by atoms with van der Waals surface area (Å²) in [5.41, 5.74) is 0.721. The molecule has 0 aliphatic carbocycles. The van der Waals surface area contributed by atoms with Crippen molar-refractivity contribution in [2.24, 2.45) is 0 Å². The highest BCUT2D eigenvalue weighted by atomic mass is 16.5. The van der Waals surface area contributed by atoms with E-state index in [0.717, 1.165) is 12.8 Å². The summed E-state index contributed by atoms with van der Waals surface area (Å²) in [6.07, 6.45) is 1.84. The number of carbonyl (C=O) groups is 1. The Bertz CT molecular complexity index is 599. The van der Waals surface area contributed by atoms with Crippen molar-refractivity contribution >= 4 is 5.97 Å². The molecule has 1 heterocycles. The van der Waals surface area contributed by atoms with Crippen molar-refractivity contribution < 1.29 is 24.1 Å². The van der Waals surface area contributed by atoms with Crippen LogP contribution < -0.4 is 9.47 Å². The number of carboxylic acid groups (broad SMARTS) is 1. The molecule has 24 heavy (non-hydrogen) atoms. The number of hydrogen-bond donors (Lipinski definition) is 1. The Hall–Kier alpha value is -1.79. The average molecular weight is 337 g/mol. The zero-order valence-corrected chi connectivity index (χ0v) is 15.1. The topological polar surface area (TPSA) is 68.2 Å². The molecule has 1 N–H and O–H groups in total. The van der Waals surface area contributed by atoms with Crippen LogP contribution in [-0.4, -0.2) is 55.5 Å². The van der Waals surface area contributed by atoms with Crippen LogP contribution in [0.1, 0.15) is 42.6 Å². The number of benzene rings is 1. The highest BCUT2D eigenvalue weighted by Gasteiger charge is 2.31. The number of methoxy groups -OCH3 is 2. The van der Waals surface area contributed by atoms with E-state index in [-0.39, 0.29) is 11.2 Å². The van der Waals surface area contributed by atoms with Crippen molar-refractivity contribution in [3.8, 4) is 11.5 Å². The molecule has 1 fully saturated rings. The molecule has 6 nitrogen and oxygen atoms in total. The first-order chi connectivity index (χ1) is 11.3. The smallest absolute Gasteiger partial charge is 0.336 e. The van der Waals surface area contributed by atoms with Gasteiger partial charge in [0.1, 0.15) is 11.5 Å². The Morgan fingerprint density at radius 1 is 1.38 bits per heavy atom. The van der Waals surface area contributed by atoms with Gasteiger partial charge >= 0.3 is 5.97 Å². The van der Waals surface area contributed by atoms with Gasteiger partial charge in [-0.1, -0.05) is 0 Å². The molecule has 0 bridgehead atoms. The molecular formula is C18H27NO5. The van der Waals surface area contributed by atoms with E-state index >= 15 is 0 Å². The minimum absolute atomic E-state index is 0.156. The van der Waals surface area contributed by atoms with E-state index in [9.17, 15) is 9.90 Å². The third kappa shape index (κ3) is 4.19. The Morgan fingerprint density at radius 2 is 2.08 bits per heavy atom. The van der Waals surface area contributed by atoms with Gasteiger partial charge in [-0.25, -0.2) is 4.79 Å². The first-order valence-electron chi connectivity index (χ1n) is 8.10. The summed E-state index contributed by atoms with van der Waals surface area (Å²) in [5, 5.41) is 9.56. The second kappa shape index (κ2) is 7.40. The molecule has 0 unspecified atom stereocenters. The molecule has 1 atom stereocenters. The summed E-state index contributed by atoms with van der Waals surface area (Å²) >= 11 is 0. The quantitative estimate of drug-likeness (QED) is 0.861. The van der Waals surface area contributed by atoms with Gasteiger partial charge in [0.25, 0.3) is 0 Å². The predicted molar refractivity (Wildman–Crippen MR) is 91.0 cm³/mol. The monoisotopic (exact) mass is 337 g/mol. The predicted octanol–water partition coefficient (Wildman–Crippen LogP) is 2.79. The molecule has 0 radical (unpaired) electrons. The number of ether oxygens (including phenoxy) is 3. The fourth-order valence-corrected chi connectivity index (χ4v) is 3.23. The van der Waals surface area contributed by atoms with Crippen molar-refractivity contribution in [3.05, 3.63) is 23.3 Å². The Labute approximate surface area is 143 Å². The second-order valence-electron chi connectivity index (χ2n) is 6.83. The molecule has 134 valence electrons. The van der Waals surface area contributed by atoms with Crippen molar-refractivity contribution in [1.29, 1.82) is 0 Å². The lowest BCUT2D eigenvalue weighted by atomic mass is 9.92. The highest BCUT2D eigenvalue weighted by Crippen LogP contribution is 2.32. The van der Waals surface area contributed by atoms with Crippen LogP contribution in [0.15, 0.2) is 12.1 Å². The first kappa shape index (κ1) is 18.5. The Kier molecular flexibility index (Phi) is 5.72. The van der Waals surface area contributed by atoms with E-state index in [1.54, 1.807) is 19.2 Å². The Balaban J connectivity index is 2.29. The molecule has 2 rings (SSSR count).